The molecular formula is C39H36FN7O. The molecule has 0 atom stereocenters. The van der Waals surface area contributed by atoms with Gasteiger partial charge in [-0.25, -0.2) is 9.18 Å². The molecule has 3 N–H and O–H groups in total. The Kier molecular flexibility index (Phi) is 9.52. The number of H-pyrrole nitrogens is 2. The van der Waals surface area contributed by atoms with Gasteiger partial charge in [-0.2, -0.15) is 5.10 Å². The zero-order valence-electron chi connectivity index (χ0n) is 27.1. The van der Waals surface area contributed by atoms with Crippen LogP contribution in [0.2, 0.25) is 0 Å². The van der Waals surface area contributed by atoms with Gasteiger partial charge < -0.3 is 15.2 Å². The predicted octanol–water partition coefficient (Wildman–Crippen LogP) is 6.23. The molecule has 48 heavy (non-hydrogen) atoms. The molecule has 6 rings (SSSR count). The number of aromatic amines is 2. The summed E-state index contributed by atoms with van der Waals surface area (Å²) in [7, 11) is 4.08. The second kappa shape index (κ2) is 14.3. The number of carbonyl (C=O) groups excluding carboxylic acids is 1. The van der Waals surface area contributed by atoms with E-state index in [0.29, 0.717) is 17.1 Å². The standard InChI is InChI=1S/C39H36FN7O/c1-25(30-18-32(21-41-20-30)43-38(24-48)28-10-6-5-7-11-28)12-13-35-26(2)39(46-45-35)36-19-33-34(22-42-23-37(33)44-36)29-15-27(16-31(40)17-29)9-8-14-47(3)4/h5-7,10-13,15-23,43-45H,2,8-9,14H2,1,3-4H3/b25-12+,35-13+. The summed E-state index contributed by atoms with van der Waals surface area (Å²) in [5.41, 5.74) is 8.48. The van der Waals surface area contributed by atoms with Gasteiger partial charge in [0.1, 0.15) is 17.2 Å². The Bertz CT molecular complexity index is 2280. The molecule has 8 nitrogen and oxygen atoms in total. The Hall–Kier alpha value is -5.89. The van der Waals surface area contributed by atoms with Gasteiger partial charge in [-0.05, 0) is 93.0 Å². The van der Waals surface area contributed by atoms with E-state index in [2.05, 4.69) is 41.9 Å². The number of rotatable bonds is 11. The summed E-state index contributed by atoms with van der Waals surface area (Å²) in [6, 6.07) is 18.5. The van der Waals surface area contributed by atoms with Crippen molar-refractivity contribution in [1.82, 2.24) is 30.0 Å². The first-order valence-electron chi connectivity index (χ1n) is 15.7. The zero-order chi connectivity index (χ0) is 33.6. The molecule has 9 heteroatoms. The van der Waals surface area contributed by atoms with Crippen LogP contribution in [0.25, 0.3) is 57.3 Å². The van der Waals surface area contributed by atoms with Crippen LogP contribution in [0, 0.1) is 5.82 Å². The molecule has 0 unspecified atom stereocenters. The second-order valence-corrected chi connectivity index (χ2v) is 12.0. The lowest BCUT2D eigenvalue weighted by atomic mass is 9.99. The van der Waals surface area contributed by atoms with Gasteiger partial charge in [0.25, 0.3) is 0 Å². The van der Waals surface area contributed by atoms with Gasteiger partial charge in [-0.3, -0.25) is 15.1 Å². The summed E-state index contributed by atoms with van der Waals surface area (Å²) < 4.78 is 14.7. The number of aromatic nitrogens is 5. The van der Waals surface area contributed by atoms with Gasteiger partial charge in [0.05, 0.1) is 34.6 Å². The third kappa shape index (κ3) is 7.23. The predicted molar refractivity (Wildman–Crippen MR) is 192 cm³/mol. The van der Waals surface area contributed by atoms with Gasteiger partial charge in [0.15, 0.2) is 5.94 Å². The first-order chi connectivity index (χ1) is 23.3. The number of halogens is 1. The molecule has 0 radical (unpaired) electrons. The first-order valence-corrected chi connectivity index (χ1v) is 15.7. The number of hydrogen-bond acceptors (Lipinski definition) is 6. The lowest BCUT2D eigenvalue weighted by molar-refractivity contribution is 0.400. The van der Waals surface area contributed by atoms with E-state index in [4.69, 9.17) is 0 Å². The molecular weight excluding hydrogens is 601 g/mol. The highest BCUT2D eigenvalue weighted by Gasteiger charge is 2.14. The van der Waals surface area contributed by atoms with Gasteiger partial charge >= 0.3 is 0 Å². The Balaban J connectivity index is 1.25. The number of hydrogen-bond donors (Lipinski definition) is 3. The third-order valence-electron chi connectivity index (χ3n) is 8.17. The lowest BCUT2D eigenvalue weighted by Crippen LogP contribution is -2.21. The number of pyridine rings is 2. The molecule has 0 aliphatic carbocycles. The minimum absolute atomic E-state index is 0.260. The van der Waals surface area contributed by atoms with E-state index in [1.165, 1.54) is 0 Å². The van der Waals surface area contributed by atoms with Crippen molar-refractivity contribution >= 4 is 46.5 Å². The van der Waals surface area contributed by atoms with Gasteiger partial charge in [0.2, 0.25) is 0 Å². The van der Waals surface area contributed by atoms with Gasteiger partial charge in [0, 0.05) is 34.1 Å². The highest BCUT2D eigenvalue weighted by Crippen LogP contribution is 2.31. The largest absolute Gasteiger partial charge is 0.352 e. The van der Waals surface area contributed by atoms with Crippen LogP contribution in [0.15, 0.2) is 91.5 Å². The van der Waals surface area contributed by atoms with Crippen molar-refractivity contribution in [3.8, 4) is 22.5 Å². The fraction of sp³-hybridized carbons (Fsp3) is 0.154. The third-order valence-corrected chi connectivity index (χ3v) is 8.17. The van der Waals surface area contributed by atoms with E-state index < -0.39 is 0 Å². The summed E-state index contributed by atoms with van der Waals surface area (Å²) in [6.07, 6.45) is 12.6. The van der Waals surface area contributed by atoms with Crippen molar-refractivity contribution in [3.63, 3.8) is 0 Å². The summed E-state index contributed by atoms with van der Waals surface area (Å²) in [4.78, 5) is 26.0. The second-order valence-electron chi connectivity index (χ2n) is 12.0. The number of fused-ring (bicyclic) bond motifs is 1. The van der Waals surface area contributed by atoms with Crippen LogP contribution >= 0.6 is 0 Å². The summed E-state index contributed by atoms with van der Waals surface area (Å²) in [6.45, 7) is 7.22. The minimum Gasteiger partial charge on any atom is -0.352 e. The average molecular weight is 638 g/mol. The topological polar surface area (TPSA) is 103 Å². The zero-order valence-corrected chi connectivity index (χ0v) is 27.1. The van der Waals surface area contributed by atoms with E-state index in [-0.39, 0.29) is 5.82 Å². The molecule has 240 valence electrons. The molecule has 4 aromatic heterocycles. The van der Waals surface area contributed by atoms with E-state index in [1.54, 1.807) is 36.9 Å². The lowest BCUT2D eigenvalue weighted by Gasteiger charge is -2.10. The number of anilines is 1. The van der Waals surface area contributed by atoms with Crippen molar-refractivity contribution < 1.29 is 9.18 Å². The van der Waals surface area contributed by atoms with Crippen LogP contribution in [0.3, 0.4) is 0 Å². The van der Waals surface area contributed by atoms with Crippen LogP contribution in [-0.2, 0) is 11.2 Å². The molecule has 4 heterocycles. The highest BCUT2D eigenvalue weighted by molar-refractivity contribution is 5.97. The maximum absolute atomic E-state index is 14.7. The number of nitrogens with one attached hydrogen (secondary N) is 3. The van der Waals surface area contributed by atoms with E-state index in [1.807, 2.05) is 87.6 Å². The van der Waals surface area contributed by atoms with Gasteiger partial charge in [-0.1, -0.05) is 49.1 Å². The van der Waals surface area contributed by atoms with Crippen molar-refractivity contribution in [2.45, 2.75) is 19.8 Å². The molecule has 2 aromatic carbocycles. The summed E-state index contributed by atoms with van der Waals surface area (Å²) in [5.74, 6) is 1.72. The van der Waals surface area contributed by atoms with E-state index in [9.17, 15) is 9.18 Å². The van der Waals surface area contributed by atoms with Crippen LogP contribution in [0.5, 0.6) is 0 Å². The fourth-order valence-corrected chi connectivity index (χ4v) is 5.63. The van der Waals surface area contributed by atoms with Crippen molar-refractivity contribution in [1.29, 1.82) is 0 Å². The smallest absolute Gasteiger partial charge is 0.151 e. The number of aryl methyl sites for hydroxylation is 1. The Labute approximate surface area is 278 Å². The molecule has 0 spiro atoms. The van der Waals surface area contributed by atoms with Crippen molar-refractivity contribution in [2.24, 2.45) is 0 Å². The monoisotopic (exact) mass is 637 g/mol. The van der Waals surface area contributed by atoms with Crippen LogP contribution in [0.1, 0.15) is 30.0 Å². The van der Waals surface area contributed by atoms with Crippen LogP contribution in [-0.4, -0.2) is 56.6 Å². The molecule has 0 fully saturated rings. The number of benzene rings is 2. The van der Waals surface area contributed by atoms with Crippen molar-refractivity contribution in [3.05, 3.63) is 125 Å². The Morgan fingerprint density at radius 1 is 1.02 bits per heavy atom. The minimum atomic E-state index is -0.260. The Morgan fingerprint density at radius 3 is 2.62 bits per heavy atom. The maximum atomic E-state index is 14.7. The summed E-state index contributed by atoms with van der Waals surface area (Å²) in [5, 5.41) is 13.2. The number of nitrogens with zero attached hydrogens (tertiary/aromatic N) is 4. The SMILES string of the molecule is C=c1c(-c2cc3c(-c4cc(F)cc(CCCN(C)C)c4)cncc3[nH]2)n[nH]/c1=C/C=C(\C)c1cncc(NC(=C=O)c2ccccc2)c1. The molecule has 0 aliphatic heterocycles. The van der Waals surface area contributed by atoms with Crippen LogP contribution in [0.4, 0.5) is 10.1 Å². The fourth-order valence-electron chi connectivity index (χ4n) is 5.63. The molecule has 0 saturated heterocycles. The molecule has 0 amide bonds. The average Bonchev–Trinajstić information content (AvgIpc) is 3.69. The Morgan fingerprint density at radius 2 is 1.83 bits per heavy atom. The molecule has 0 bridgehead atoms. The normalized spacial score (nSPS) is 12.1. The molecule has 6 aromatic rings. The van der Waals surface area contributed by atoms with E-state index >= 15 is 0 Å². The summed E-state index contributed by atoms with van der Waals surface area (Å²) >= 11 is 0. The number of allylic oxidation sites excluding steroid dienone is 2. The molecule has 0 aliphatic rings. The van der Waals surface area contributed by atoms with E-state index in [0.717, 1.165) is 79.9 Å². The van der Waals surface area contributed by atoms with Gasteiger partial charge in [-0.15, -0.1) is 0 Å². The van der Waals surface area contributed by atoms with Crippen LogP contribution < -0.4 is 15.9 Å². The first kappa shape index (κ1) is 32.1. The maximum Gasteiger partial charge on any atom is 0.151 e. The quantitative estimate of drug-likeness (QED) is 0.146. The molecule has 0 saturated carbocycles. The van der Waals surface area contributed by atoms with Crippen molar-refractivity contribution in [2.75, 3.05) is 26.0 Å². The highest BCUT2D eigenvalue weighted by atomic mass is 19.1.